The van der Waals surface area contributed by atoms with E-state index in [2.05, 4.69) is 5.32 Å². The predicted molar refractivity (Wildman–Crippen MR) is 37.4 cm³/mol. The lowest BCUT2D eigenvalue weighted by atomic mass is 10.0. The summed E-state index contributed by atoms with van der Waals surface area (Å²) in [5, 5.41) is 12.2. The molecule has 0 fully saturated rings. The van der Waals surface area contributed by atoms with Gasteiger partial charge >= 0.3 is 0 Å². The average Bonchev–Trinajstić information content (AvgIpc) is 1.89. The minimum atomic E-state index is 0.221. The second-order valence-electron chi connectivity index (χ2n) is 2.40. The Morgan fingerprint density at radius 2 is 2.56 bits per heavy atom. The standard InChI is InChI=1S/C7H13NO/c1-8-6-4-2-3-5-7(6)9/h5-6,8-9H,2-4H2,1H3/t6-/m0/s1. The Kier molecular flexibility index (Phi) is 2.11. The maximum absolute atomic E-state index is 9.17. The number of rotatable bonds is 1. The van der Waals surface area contributed by atoms with E-state index in [9.17, 15) is 0 Å². The summed E-state index contributed by atoms with van der Waals surface area (Å²) in [6.07, 6.45) is 5.18. The maximum Gasteiger partial charge on any atom is 0.105 e. The number of hydrogen-bond acceptors (Lipinski definition) is 2. The molecule has 2 N–H and O–H groups in total. The van der Waals surface area contributed by atoms with Gasteiger partial charge in [-0.25, -0.2) is 0 Å². The van der Waals surface area contributed by atoms with Gasteiger partial charge in [0.05, 0.1) is 6.04 Å². The first kappa shape index (κ1) is 6.62. The van der Waals surface area contributed by atoms with E-state index in [4.69, 9.17) is 5.11 Å². The Hall–Kier alpha value is -0.500. The normalized spacial score (nSPS) is 27.7. The second kappa shape index (κ2) is 2.87. The molecule has 0 saturated heterocycles. The monoisotopic (exact) mass is 127 g/mol. The van der Waals surface area contributed by atoms with Crippen LogP contribution in [0.5, 0.6) is 0 Å². The molecule has 1 aliphatic carbocycles. The molecule has 0 amide bonds. The molecule has 0 radical (unpaired) electrons. The highest BCUT2D eigenvalue weighted by Crippen LogP contribution is 2.14. The highest BCUT2D eigenvalue weighted by molar-refractivity contribution is 5.04. The summed E-state index contributed by atoms with van der Waals surface area (Å²) < 4.78 is 0. The van der Waals surface area contributed by atoms with Crippen molar-refractivity contribution < 1.29 is 5.11 Å². The third kappa shape index (κ3) is 1.45. The predicted octanol–water partition coefficient (Wildman–Crippen LogP) is 1.20. The zero-order chi connectivity index (χ0) is 6.69. The van der Waals surface area contributed by atoms with Gasteiger partial charge < -0.3 is 10.4 Å². The van der Waals surface area contributed by atoms with Gasteiger partial charge in [0.25, 0.3) is 0 Å². The lowest BCUT2D eigenvalue weighted by molar-refractivity contribution is 0.321. The van der Waals surface area contributed by atoms with E-state index >= 15 is 0 Å². The molecule has 1 atom stereocenters. The van der Waals surface area contributed by atoms with Crippen LogP contribution < -0.4 is 5.32 Å². The lowest BCUT2D eigenvalue weighted by Gasteiger charge is -2.18. The summed E-state index contributed by atoms with van der Waals surface area (Å²) in [4.78, 5) is 0. The van der Waals surface area contributed by atoms with Crippen LogP contribution in [0.15, 0.2) is 11.8 Å². The van der Waals surface area contributed by atoms with Crippen LogP contribution in [0.25, 0.3) is 0 Å². The summed E-state index contributed by atoms with van der Waals surface area (Å²) >= 11 is 0. The zero-order valence-corrected chi connectivity index (χ0v) is 5.72. The highest BCUT2D eigenvalue weighted by Gasteiger charge is 2.13. The molecule has 0 aromatic heterocycles. The van der Waals surface area contributed by atoms with Crippen LogP contribution in [0.2, 0.25) is 0 Å². The summed E-state index contributed by atoms with van der Waals surface area (Å²) in [6.45, 7) is 0. The zero-order valence-electron chi connectivity index (χ0n) is 5.72. The van der Waals surface area contributed by atoms with Gasteiger partial charge in [0.1, 0.15) is 5.76 Å². The minimum absolute atomic E-state index is 0.221. The van der Waals surface area contributed by atoms with Gasteiger partial charge in [0.15, 0.2) is 0 Å². The fourth-order valence-electron chi connectivity index (χ4n) is 1.15. The Labute approximate surface area is 55.6 Å². The third-order valence-electron chi connectivity index (χ3n) is 1.76. The van der Waals surface area contributed by atoms with E-state index in [-0.39, 0.29) is 6.04 Å². The average molecular weight is 127 g/mol. The topological polar surface area (TPSA) is 32.3 Å². The number of aliphatic hydroxyl groups is 1. The molecule has 1 rings (SSSR count). The Morgan fingerprint density at radius 1 is 1.78 bits per heavy atom. The molecule has 2 heteroatoms. The van der Waals surface area contributed by atoms with Gasteiger partial charge in [-0.15, -0.1) is 0 Å². The molecule has 9 heavy (non-hydrogen) atoms. The molecule has 0 saturated carbocycles. The van der Waals surface area contributed by atoms with Crippen molar-refractivity contribution in [1.82, 2.24) is 5.32 Å². The molecule has 1 aliphatic rings. The molecule has 0 aromatic rings. The van der Waals surface area contributed by atoms with Crippen LogP contribution in [0.3, 0.4) is 0 Å². The molecule has 0 spiro atoms. The van der Waals surface area contributed by atoms with Crippen LogP contribution in [-0.4, -0.2) is 18.2 Å². The number of nitrogens with one attached hydrogen (secondary N) is 1. The first-order valence-electron chi connectivity index (χ1n) is 3.41. The van der Waals surface area contributed by atoms with Crippen LogP contribution >= 0.6 is 0 Å². The van der Waals surface area contributed by atoms with Crippen LogP contribution in [-0.2, 0) is 0 Å². The first-order valence-corrected chi connectivity index (χ1v) is 3.41. The van der Waals surface area contributed by atoms with E-state index in [0.29, 0.717) is 5.76 Å². The molecule has 52 valence electrons. The maximum atomic E-state index is 9.17. The van der Waals surface area contributed by atoms with Gasteiger partial charge in [-0.1, -0.05) is 0 Å². The van der Waals surface area contributed by atoms with E-state index in [1.54, 1.807) is 0 Å². The van der Waals surface area contributed by atoms with Crippen molar-refractivity contribution in [2.24, 2.45) is 0 Å². The van der Waals surface area contributed by atoms with E-state index < -0.39 is 0 Å². The van der Waals surface area contributed by atoms with Crippen LogP contribution in [0, 0.1) is 0 Å². The third-order valence-corrected chi connectivity index (χ3v) is 1.76. The van der Waals surface area contributed by atoms with E-state index in [1.165, 1.54) is 6.42 Å². The number of allylic oxidation sites excluding steroid dienone is 1. The Morgan fingerprint density at radius 3 is 3.00 bits per heavy atom. The van der Waals surface area contributed by atoms with Crippen molar-refractivity contribution >= 4 is 0 Å². The summed E-state index contributed by atoms with van der Waals surface area (Å²) in [6, 6.07) is 0.221. The molecule has 0 aliphatic heterocycles. The fraction of sp³-hybridized carbons (Fsp3) is 0.714. The van der Waals surface area contributed by atoms with Crippen LogP contribution in [0.4, 0.5) is 0 Å². The largest absolute Gasteiger partial charge is 0.511 e. The molecule has 0 aromatic carbocycles. The van der Waals surface area contributed by atoms with Crippen molar-refractivity contribution in [3.8, 4) is 0 Å². The smallest absolute Gasteiger partial charge is 0.105 e. The number of likely N-dealkylation sites (N-methyl/N-ethyl adjacent to an activating group) is 1. The molecule has 0 unspecified atom stereocenters. The molecule has 2 nitrogen and oxygen atoms in total. The van der Waals surface area contributed by atoms with Crippen molar-refractivity contribution in [3.05, 3.63) is 11.8 Å². The number of aliphatic hydroxyl groups excluding tert-OH is 1. The second-order valence-corrected chi connectivity index (χ2v) is 2.40. The highest BCUT2D eigenvalue weighted by atomic mass is 16.3. The summed E-state index contributed by atoms with van der Waals surface area (Å²) in [5.74, 6) is 0.517. The molecular weight excluding hydrogens is 114 g/mol. The van der Waals surface area contributed by atoms with Crippen molar-refractivity contribution in [3.63, 3.8) is 0 Å². The van der Waals surface area contributed by atoms with Crippen molar-refractivity contribution in [1.29, 1.82) is 0 Å². The van der Waals surface area contributed by atoms with Gasteiger partial charge in [0.2, 0.25) is 0 Å². The minimum Gasteiger partial charge on any atom is -0.511 e. The van der Waals surface area contributed by atoms with Gasteiger partial charge in [-0.3, -0.25) is 0 Å². The molecule has 0 bridgehead atoms. The van der Waals surface area contributed by atoms with Crippen LogP contribution in [0.1, 0.15) is 19.3 Å². The van der Waals surface area contributed by atoms with Crippen molar-refractivity contribution in [2.75, 3.05) is 7.05 Å². The van der Waals surface area contributed by atoms with E-state index in [1.807, 2.05) is 13.1 Å². The van der Waals surface area contributed by atoms with Crippen molar-refractivity contribution in [2.45, 2.75) is 25.3 Å². The van der Waals surface area contributed by atoms with Gasteiger partial charge in [0, 0.05) is 0 Å². The molecule has 0 heterocycles. The summed E-state index contributed by atoms with van der Waals surface area (Å²) in [5.41, 5.74) is 0. The Balaban J connectivity index is 2.50. The lowest BCUT2D eigenvalue weighted by Crippen LogP contribution is -2.28. The number of hydrogen-bond donors (Lipinski definition) is 2. The quantitative estimate of drug-likeness (QED) is 0.554. The van der Waals surface area contributed by atoms with Gasteiger partial charge in [-0.05, 0) is 32.4 Å². The van der Waals surface area contributed by atoms with Gasteiger partial charge in [-0.2, -0.15) is 0 Å². The fourth-order valence-corrected chi connectivity index (χ4v) is 1.15. The van der Waals surface area contributed by atoms with E-state index in [0.717, 1.165) is 12.8 Å². The molecular formula is C7H13NO. The first-order chi connectivity index (χ1) is 4.34. The summed E-state index contributed by atoms with van der Waals surface area (Å²) in [7, 11) is 1.88. The SMILES string of the molecule is CN[C@H]1CCCC=C1O. The Bertz CT molecular complexity index is 120.